The predicted octanol–water partition coefficient (Wildman–Crippen LogP) is 4.60. The number of ether oxygens (including phenoxy) is 1. The fourth-order valence-corrected chi connectivity index (χ4v) is 5.37. The molecule has 42 heavy (non-hydrogen) atoms. The third-order valence-electron chi connectivity index (χ3n) is 8.12. The monoisotopic (exact) mass is 570 g/mol. The summed E-state index contributed by atoms with van der Waals surface area (Å²) in [6, 6.07) is 8.04. The number of aromatic nitrogens is 2. The first-order valence-electron chi connectivity index (χ1n) is 13.9. The first kappa shape index (κ1) is 30.6. The summed E-state index contributed by atoms with van der Waals surface area (Å²) in [4.78, 5) is 15.6. The number of methoxy groups -OCH3 is 1. The van der Waals surface area contributed by atoms with E-state index in [2.05, 4.69) is 90.1 Å². The molecular formula is C32H42N8O2. The number of likely N-dealkylation sites (N-methyl/N-ethyl adjacent to an activating group) is 3. The minimum Gasteiger partial charge on any atom is -0.494 e. The maximum absolute atomic E-state index is 10.4. The van der Waals surface area contributed by atoms with Crippen molar-refractivity contribution in [1.82, 2.24) is 19.8 Å². The number of rotatable bonds is 11. The highest BCUT2D eigenvalue weighted by Gasteiger charge is 2.36. The van der Waals surface area contributed by atoms with Gasteiger partial charge in [-0.3, -0.25) is 0 Å². The average Bonchev–Trinajstić information content (AvgIpc) is 3.25. The number of hydrogen-bond donors (Lipinski definition) is 3. The van der Waals surface area contributed by atoms with Crippen molar-refractivity contribution in [2.75, 3.05) is 57.4 Å². The van der Waals surface area contributed by atoms with E-state index in [0.717, 1.165) is 17.8 Å². The van der Waals surface area contributed by atoms with E-state index in [1.54, 1.807) is 13.3 Å². The first-order valence-corrected chi connectivity index (χ1v) is 13.9. The molecule has 3 unspecified atom stereocenters. The number of nitrogens with zero attached hydrogens (tertiary/aromatic N) is 6. The van der Waals surface area contributed by atoms with Gasteiger partial charge in [0.25, 0.3) is 0 Å². The first-order chi connectivity index (χ1) is 19.9. The third-order valence-corrected chi connectivity index (χ3v) is 8.12. The maximum Gasteiger partial charge on any atom is 0.227 e. The molecule has 1 aliphatic carbocycles. The molecule has 10 nitrogen and oxygen atoms in total. The van der Waals surface area contributed by atoms with Gasteiger partial charge in [-0.25, -0.2) is 9.97 Å². The molecule has 2 aliphatic rings. The highest BCUT2D eigenvalue weighted by atomic mass is 16.5. The molecule has 10 heteroatoms. The molecule has 0 saturated carbocycles. The van der Waals surface area contributed by atoms with Crippen LogP contribution < -0.4 is 20.3 Å². The summed E-state index contributed by atoms with van der Waals surface area (Å²) in [6.45, 7) is 10.9. The smallest absolute Gasteiger partial charge is 0.227 e. The van der Waals surface area contributed by atoms with E-state index in [-0.39, 0.29) is 17.5 Å². The maximum atomic E-state index is 10.4. The molecular weight excluding hydrogens is 528 g/mol. The van der Waals surface area contributed by atoms with Crippen LogP contribution >= 0.6 is 0 Å². The number of nitrogens with one attached hydrogen (secondary N) is 2. The molecule has 4 rings (SSSR count). The molecule has 0 saturated heterocycles. The summed E-state index contributed by atoms with van der Waals surface area (Å²) in [5.41, 5.74) is 5.55. The molecule has 1 aromatic heterocycles. The summed E-state index contributed by atoms with van der Waals surface area (Å²) in [5, 5.41) is 26.7. The second kappa shape index (κ2) is 12.3. The highest BCUT2D eigenvalue weighted by molar-refractivity contribution is 5.81. The topological polar surface area (TPSA) is 113 Å². The molecule has 0 amide bonds. The van der Waals surface area contributed by atoms with Crippen LogP contribution in [0, 0.1) is 17.2 Å². The summed E-state index contributed by atoms with van der Waals surface area (Å²) >= 11 is 0. The summed E-state index contributed by atoms with van der Waals surface area (Å²) in [6.07, 6.45) is 8.36. The van der Waals surface area contributed by atoms with Crippen molar-refractivity contribution in [2.24, 2.45) is 5.92 Å². The van der Waals surface area contributed by atoms with Crippen LogP contribution in [0.1, 0.15) is 26.5 Å². The molecule has 0 fully saturated rings. The number of aliphatic hydroxyl groups excluding tert-OH is 1. The molecule has 0 radical (unpaired) electrons. The third kappa shape index (κ3) is 6.27. The summed E-state index contributed by atoms with van der Waals surface area (Å²) in [5.74, 6) is 1.08. The number of hydrogen-bond acceptors (Lipinski definition) is 10. The second-order valence-corrected chi connectivity index (χ2v) is 11.7. The Morgan fingerprint density at radius 3 is 2.67 bits per heavy atom. The fraction of sp³-hybridized carbons (Fsp3) is 0.406. The predicted molar refractivity (Wildman–Crippen MR) is 170 cm³/mol. The van der Waals surface area contributed by atoms with E-state index in [1.807, 2.05) is 38.4 Å². The zero-order valence-corrected chi connectivity index (χ0v) is 25.8. The summed E-state index contributed by atoms with van der Waals surface area (Å²) < 4.78 is 5.78. The van der Waals surface area contributed by atoms with E-state index in [0.29, 0.717) is 34.3 Å². The van der Waals surface area contributed by atoms with Gasteiger partial charge in [0.2, 0.25) is 5.95 Å². The molecule has 3 N–H and O–H groups in total. The second-order valence-electron chi connectivity index (χ2n) is 11.7. The molecule has 0 bridgehead atoms. The number of nitriles is 1. The Morgan fingerprint density at radius 2 is 2.02 bits per heavy atom. The zero-order chi connectivity index (χ0) is 30.8. The molecule has 1 aromatic carbocycles. The van der Waals surface area contributed by atoms with Crippen molar-refractivity contribution in [2.45, 2.75) is 38.6 Å². The van der Waals surface area contributed by atoms with E-state index in [9.17, 15) is 10.4 Å². The van der Waals surface area contributed by atoms with Crippen LogP contribution in [0.4, 0.5) is 23.0 Å². The van der Waals surface area contributed by atoms with Gasteiger partial charge in [0.05, 0.1) is 47.6 Å². The minimum absolute atomic E-state index is 0.0132. The van der Waals surface area contributed by atoms with E-state index >= 15 is 0 Å². The standard InChI is InChI=1S/C32H42N8O2/c1-10-29(41)35-25-15-26(28(42-9)16-27(25)40(8)19-32(3,4)38(5)6)37-31-34-12-11-24(36-31)21-13-22(17-33)30-23(14-21)20(2)18-39(30)7/h10-16,18,23,29-30,35,41H,1,19H2,2-9H3,(H,34,36,37). The average molecular weight is 571 g/mol. The molecule has 2 heterocycles. The Hall–Kier alpha value is -4.33. The quantitative estimate of drug-likeness (QED) is 0.262. The lowest BCUT2D eigenvalue weighted by Gasteiger charge is -2.38. The van der Waals surface area contributed by atoms with Gasteiger partial charge in [0.1, 0.15) is 12.0 Å². The number of aliphatic hydroxyl groups is 1. The Labute approximate surface area is 249 Å². The lowest BCUT2D eigenvalue weighted by Crippen LogP contribution is -2.47. The van der Waals surface area contributed by atoms with Crippen molar-refractivity contribution in [3.05, 3.63) is 72.2 Å². The van der Waals surface area contributed by atoms with E-state index in [1.165, 1.54) is 11.6 Å². The van der Waals surface area contributed by atoms with Crippen LogP contribution in [0.3, 0.4) is 0 Å². The normalized spacial score (nSPS) is 18.8. The van der Waals surface area contributed by atoms with Crippen LogP contribution in [-0.2, 0) is 0 Å². The van der Waals surface area contributed by atoms with Crippen molar-refractivity contribution >= 4 is 28.6 Å². The molecule has 2 aromatic rings. The number of anilines is 4. The van der Waals surface area contributed by atoms with Crippen molar-refractivity contribution < 1.29 is 9.84 Å². The number of benzene rings is 1. The Balaban J connectivity index is 1.69. The van der Waals surface area contributed by atoms with Crippen molar-refractivity contribution in [3.8, 4) is 11.8 Å². The Bertz CT molecular complexity index is 1470. The lowest BCUT2D eigenvalue weighted by molar-refractivity contribution is 0.202. The molecule has 0 spiro atoms. The Kier molecular flexibility index (Phi) is 8.95. The van der Waals surface area contributed by atoms with Gasteiger partial charge in [-0.15, -0.1) is 0 Å². The van der Waals surface area contributed by atoms with Crippen LogP contribution in [-0.4, -0.2) is 84.5 Å². The van der Waals surface area contributed by atoms with Crippen LogP contribution in [0.15, 0.2) is 66.5 Å². The van der Waals surface area contributed by atoms with Gasteiger partial charge >= 0.3 is 0 Å². The zero-order valence-electron chi connectivity index (χ0n) is 25.8. The fourth-order valence-electron chi connectivity index (χ4n) is 5.37. The number of fused-ring (bicyclic) bond motifs is 1. The summed E-state index contributed by atoms with van der Waals surface area (Å²) in [7, 11) is 9.73. The van der Waals surface area contributed by atoms with Crippen molar-refractivity contribution in [3.63, 3.8) is 0 Å². The van der Waals surface area contributed by atoms with E-state index < -0.39 is 6.23 Å². The SMILES string of the molecule is C=CC(O)Nc1cc(Nc2nccc(C3=CC4C(C)=CN(C)C4C(C#N)=C3)n2)c(OC)cc1N(C)CC(C)(C)N(C)C. The lowest BCUT2D eigenvalue weighted by atomic mass is 9.83. The minimum atomic E-state index is -0.949. The number of allylic oxidation sites excluding steroid dienone is 2. The van der Waals surface area contributed by atoms with Crippen LogP contribution in [0.2, 0.25) is 0 Å². The van der Waals surface area contributed by atoms with Gasteiger partial charge < -0.3 is 35.2 Å². The van der Waals surface area contributed by atoms with Gasteiger partial charge in [0.15, 0.2) is 0 Å². The van der Waals surface area contributed by atoms with Crippen molar-refractivity contribution in [1.29, 1.82) is 5.26 Å². The highest BCUT2D eigenvalue weighted by Crippen LogP contribution is 2.40. The van der Waals surface area contributed by atoms with Gasteiger partial charge in [-0.2, -0.15) is 5.26 Å². The largest absolute Gasteiger partial charge is 0.494 e. The molecule has 3 atom stereocenters. The van der Waals surface area contributed by atoms with Gasteiger partial charge in [-0.1, -0.05) is 12.7 Å². The molecule has 222 valence electrons. The van der Waals surface area contributed by atoms with E-state index in [4.69, 9.17) is 9.72 Å². The Morgan fingerprint density at radius 1 is 1.29 bits per heavy atom. The van der Waals surface area contributed by atoms with Gasteiger partial charge in [0, 0.05) is 44.4 Å². The van der Waals surface area contributed by atoms with Gasteiger partial charge in [-0.05, 0) is 76.5 Å². The molecule has 1 aliphatic heterocycles. The van der Waals surface area contributed by atoms with Crippen LogP contribution in [0.5, 0.6) is 5.75 Å². The van der Waals surface area contributed by atoms with Crippen LogP contribution in [0.25, 0.3) is 5.57 Å².